The summed E-state index contributed by atoms with van der Waals surface area (Å²) in [7, 11) is 4.30. The van der Waals surface area contributed by atoms with E-state index in [9.17, 15) is 4.79 Å². The van der Waals surface area contributed by atoms with Gasteiger partial charge in [-0.05, 0) is 17.9 Å². The van der Waals surface area contributed by atoms with Gasteiger partial charge in [-0.2, -0.15) is 0 Å². The van der Waals surface area contributed by atoms with E-state index in [1.165, 1.54) is 16.7 Å². The number of nitrogens with zero attached hydrogens (tertiary/aromatic N) is 3. The summed E-state index contributed by atoms with van der Waals surface area (Å²) in [6.07, 6.45) is 3.22. The summed E-state index contributed by atoms with van der Waals surface area (Å²) in [5, 5.41) is 14.7. The van der Waals surface area contributed by atoms with E-state index in [0.29, 0.717) is 18.3 Å². The van der Waals surface area contributed by atoms with Gasteiger partial charge in [0.25, 0.3) is 0 Å². The zero-order chi connectivity index (χ0) is 18.9. The van der Waals surface area contributed by atoms with Gasteiger partial charge < -0.3 is 14.8 Å². The van der Waals surface area contributed by atoms with Crippen molar-refractivity contribution in [2.24, 2.45) is 0 Å². The molecule has 2 aromatic heterocycles. The number of thiophene rings is 1. The van der Waals surface area contributed by atoms with Crippen LogP contribution in [0.15, 0.2) is 22.7 Å². The molecule has 2 N–H and O–H groups in total. The highest BCUT2D eigenvalue weighted by atomic mass is 32.2. The fourth-order valence-corrected chi connectivity index (χ4v) is 4.27. The fourth-order valence-electron chi connectivity index (χ4n) is 2.82. The van der Waals surface area contributed by atoms with Crippen molar-refractivity contribution in [1.82, 2.24) is 20.1 Å². The lowest BCUT2D eigenvalue weighted by molar-refractivity contribution is -0.893. The Morgan fingerprint density at radius 2 is 2.19 bits per heavy atom. The summed E-state index contributed by atoms with van der Waals surface area (Å²) >= 11 is 3.13. The molecule has 0 saturated carbocycles. The average Bonchev–Trinajstić information content (AvgIpc) is 3.27. The minimum Gasteiger partial charge on any atom is -0.350 e. The van der Waals surface area contributed by atoms with Crippen molar-refractivity contribution >= 4 is 29.0 Å². The van der Waals surface area contributed by atoms with Crippen molar-refractivity contribution in [1.29, 1.82) is 0 Å². The minimum atomic E-state index is 0.0280. The second kappa shape index (κ2) is 10.7. The summed E-state index contributed by atoms with van der Waals surface area (Å²) < 4.78 is 2.21. The first-order chi connectivity index (χ1) is 12.6. The molecule has 144 valence electrons. The van der Waals surface area contributed by atoms with Gasteiger partial charge in [-0.1, -0.05) is 38.1 Å². The van der Waals surface area contributed by atoms with Crippen LogP contribution in [-0.4, -0.2) is 40.5 Å². The highest BCUT2D eigenvalue weighted by Crippen LogP contribution is 2.21. The molecule has 1 atom stereocenters. The number of aromatic nitrogens is 3. The molecule has 26 heavy (non-hydrogen) atoms. The Bertz CT molecular complexity index is 669. The number of carbonyl (C=O) groups excluding carboxylic acids is 1. The normalized spacial score (nSPS) is 12.5. The van der Waals surface area contributed by atoms with E-state index in [4.69, 9.17) is 0 Å². The van der Waals surface area contributed by atoms with Gasteiger partial charge in [0.2, 0.25) is 5.91 Å². The molecule has 1 amide bonds. The number of thioether (sulfide) groups is 1. The molecule has 2 heterocycles. The number of hydrogen-bond donors (Lipinski definition) is 2. The van der Waals surface area contributed by atoms with Crippen molar-refractivity contribution in [3.05, 3.63) is 28.2 Å². The highest BCUT2D eigenvalue weighted by Gasteiger charge is 2.24. The van der Waals surface area contributed by atoms with Crippen molar-refractivity contribution in [2.75, 3.05) is 19.8 Å². The number of amides is 1. The van der Waals surface area contributed by atoms with Gasteiger partial charge in [0.05, 0.1) is 26.4 Å². The zero-order valence-electron chi connectivity index (χ0n) is 16.1. The Morgan fingerprint density at radius 3 is 2.81 bits per heavy atom. The van der Waals surface area contributed by atoms with Gasteiger partial charge in [0.1, 0.15) is 6.04 Å². The molecule has 6 nitrogen and oxygen atoms in total. The molecular formula is C18H30N5OS2+. The van der Waals surface area contributed by atoms with Crippen LogP contribution in [0, 0.1) is 0 Å². The topological polar surface area (TPSA) is 64.2 Å². The van der Waals surface area contributed by atoms with Crippen molar-refractivity contribution in [2.45, 2.75) is 57.4 Å². The third-order valence-electron chi connectivity index (χ3n) is 4.27. The Hall–Kier alpha value is -1.38. The number of hydrogen-bond acceptors (Lipinski definition) is 5. The fraction of sp³-hybridized carbons (Fsp3) is 0.611. The molecule has 0 unspecified atom stereocenters. The van der Waals surface area contributed by atoms with Crippen LogP contribution in [0.3, 0.4) is 0 Å². The van der Waals surface area contributed by atoms with E-state index < -0.39 is 0 Å². The molecule has 0 aliphatic carbocycles. The van der Waals surface area contributed by atoms with E-state index in [2.05, 4.69) is 48.0 Å². The maximum atomic E-state index is 12.2. The predicted molar refractivity (Wildman–Crippen MR) is 108 cm³/mol. The SMILES string of the molecule is CCCCn1c(SCC(=O)NCc2cccs2)nnc1[C@@H](CC)[NH+](C)C. The van der Waals surface area contributed by atoms with Crippen LogP contribution in [0.5, 0.6) is 0 Å². The van der Waals surface area contributed by atoms with Gasteiger partial charge in [0.15, 0.2) is 11.0 Å². The van der Waals surface area contributed by atoms with E-state index >= 15 is 0 Å². The lowest BCUT2D eigenvalue weighted by Crippen LogP contribution is -3.06. The summed E-state index contributed by atoms with van der Waals surface area (Å²) in [5.41, 5.74) is 0. The first-order valence-corrected chi connectivity index (χ1v) is 11.1. The average molecular weight is 397 g/mol. The first-order valence-electron chi connectivity index (χ1n) is 9.21. The van der Waals surface area contributed by atoms with Crippen molar-refractivity contribution < 1.29 is 9.69 Å². The van der Waals surface area contributed by atoms with Gasteiger partial charge in [0, 0.05) is 17.8 Å². The van der Waals surface area contributed by atoms with Crippen LogP contribution in [0.2, 0.25) is 0 Å². The van der Waals surface area contributed by atoms with Crippen LogP contribution in [-0.2, 0) is 17.9 Å². The standard InChI is InChI=1S/C18H29N5OS2/c1-5-7-10-23-17(15(6-2)22(3)4)20-21-18(23)26-13-16(24)19-12-14-9-8-11-25-14/h8-9,11,15H,5-7,10,12-13H2,1-4H3,(H,19,24)/p+1/t15-/m1/s1. The molecule has 0 radical (unpaired) electrons. The smallest absolute Gasteiger partial charge is 0.230 e. The quantitative estimate of drug-likeness (QED) is 0.571. The van der Waals surface area contributed by atoms with Crippen molar-refractivity contribution in [3.8, 4) is 0 Å². The Kier molecular flexibility index (Phi) is 8.61. The number of nitrogens with one attached hydrogen (secondary N) is 2. The molecule has 0 spiro atoms. The highest BCUT2D eigenvalue weighted by molar-refractivity contribution is 7.99. The van der Waals surface area contributed by atoms with Gasteiger partial charge in [-0.3, -0.25) is 4.79 Å². The molecular weight excluding hydrogens is 366 g/mol. The third-order valence-corrected chi connectivity index (χ3v) is 6.11. The van der Waals surface area contributed by atoms with Crippen LogP contribution in [0.4, 0.5) is 0 Å². The zero-order valence-corrected chi connectivity index (χ0v) is 17.8. The lowest BCUT2D eigenvalue weighted by Gasteiger charge is -2.20. The van der Waals surface area contributed by atoms with Gasteiger partial charge in [-0.15, -0.1) is 21.5 Å². The molecule has 0 bridgehead atoms. The molecule has 0 fully saturated rings. The molecule has 0 aliphatic heterocycles. The minimum absolute atomic E-state index is 0.0280. The summed E-state index contributed by atoms with van der Waals surface area (Å²) in [6.45, 7) is 5.86. The van der Waals surface area contributed by atoms with Crippen LogP contribution in [0.25, 0.3) is 0 Å². The second-order valence-corrected chi connectivity index (χ2v) is 8.50. The Labute approximate surface area is 164 Å². The maximum Gasteiger partial charge on any atom is 0.230 e. The van der Waals surface area contributed by atoms with E-state index in [1.807, 2.05) is 17.5 Å². The Morgan fingerprint density at radius 1 is 1.38 bits per heavy atom. The molecule has 2 rings (SSSR count). The second-order valence-electron chi connectivity index (χ2n) is 6.53. The molecule has 2 aromatic rings. The van der Waals surface area contributed by atoms with E-state index in [1.54, 1.807) is 11.3 Å². The van der Waals surface area contributed by atoms with Gasteiger partial charge >= 0.3 is 0 Å². The van der Waals surface area contributed by atoms with Gasteiger partial charge in [-0.25, -0.2) is 0 Å². The molecule has 0 aliphatic rings. The third kappa shape index (κ3) is 5.82. The summed E-state index contributed by atoms with van der Waals surface area (Å²) in [5.74, 6) is 1.42. The first kappa shape index (κ1) is 20.9. The Balaban J connectivity index is 2.00. The number of rotatable bonds is 11. The molecule has 0 saturated heterocycles. The molecule has 0 aromatic carbocycles. The maximum absolute atomic E-state index is 12.2. The van der Waals surface area contributed by atoms with E-state index in [-0.39, 0.29) is 5.91 Å². The number of carbonyl (C=O) groups is 1. The van der Waals surface area contributed by atoms with E-state index in [0.717, 1.165) is 41.7 Å². The van der Waals surface area contributed by atoms with Crippen LogP contribution < -0.4 is 10.2 Å². The largest absolute Gasteiger partial charge is 0.350 e. The van der Waals surface area contributed by atoms with Crippen LogP contribution in [0.1, 0.15) is 49.9 Å². The molecule has 8 heteroatoms. The summed E-state index contributed by atoms with van der Waals surface area (Å²) in [4.78, 5) is 14.7. The number of quaternary nitrogens is 1. The summed E-state index contributed by atoms with van der Waals surface area (Å²) in [6, 6.07) is 4.34. The predicted octanol–water partition coefficient (Wildman–Crippen LogP) is 2.14. The monoisotopic (exact) mass is 396 g/mol. The lowest BCUT2D eigenvalue weighted by atomic mass is 10.2. The van der Waals surface area contributed by atoms with Crippen LogP contribution >= 0.6 is 23.1 Å². The van der Waals surface area contributed by atoms with Crippen molar-refractivity contribution in [3.63, 3.8) is 0 Å². The number of unbranched alkanes of at least 4 members (excludes halogenated alkanes) is 1.